The summed E-state index contributed by atoms with van der Waals surface area (Å²) < 4.78 is 5.85. The maximum absolute atomic E-state index is 13.0. The van der Waals surface area contributed by atoms with Crippen LogP contribution in [0.3, 0.4) is 0 Å². The highest BCUT2D eigenvalue weighted by molar-refractivity contribution is 6.30. The lowest BCUT2D eigenvalue weighted by molar-refractivity contribution is 0.0923. The van der Waals surface area contributed by atoms with Crippen molar-refractivity contribution in [2.24, 2.45) is 0 Å². The number of hydrogen-bond acceptors (Lipinski definition) is 5. The number of carbonyl (C=O) groups excluding carboxylic acids is 1. The van der Waals surface area contributed by atoms with Crippen LogP contribution in [0.2, 0.25) is 5.02 Å². The summed E-state index contributed by atoms with van der Waals surface area (Å²) in [7, 11) is 0. The molecule has 0 spiro atoms. The molecule has 2 aromatic heterocycles. The third-order valence-electron chi connectivity index (χ3n) is 6.38. The molecule has 0 radical (unpaired) electrons. The Morgan fingerprint density at radius 3 is 2.51 bits per heavy atom. The smallest absolute Gasteiger partial charge is 0.257 e. The molecule has 1 aliphatic rings. The number of aromatic nitrogens is 2. The van der Waals surface area contributed by atoms with Crippen LogP contribution >= 0.6 is 11.6 Å². The number of aryl methyl sites for hydroxylation is 1. The lowest BCUT2D eigenvalue weighted by atomic mass is 9.91. The fourth-order valence-electron chi connectivity index (χ4n) is 4.54. The first-order chi connectivity index (χ1) is 17.0. The maximum atomic E-state index is 13.0. The first-order valence-electron chi connectivity index (χ1n) is 11.9. The predicted molar refractivity (Wildman–Crippen MR) is 139 cm³/mol. The number of amides is 1. The van der Waals surface area contributed by atoms with Crippen molar-refractivity contribution in [2.45, 2.75) is 44.7 Å². The minimum Gasteiger partial charge on any atom is -0.438 e. The molecule has 7 heteroatoms. The molecule has 1 fully saturated rings. The number of hydrogen-bond donors (Lipinski definition) is 2. The topological polar surface area (TPSA) is 76.1 Å². The standard InChI is InChI=1S/C28H27ClN4O2/c1-18-17-26(33-25-7-3-2-5-23(18)25)31-20-10-12-21(13-11-20)32-27(34)24-6-4-16-30-28(24)35-22-14-8-19(29)9-15-22/h2-9,14-17,20-21H,10-13H2,1H3,(H,31,33)(H,32,34)/t20-,21+. The fourth-order valence-corrected chi connectivity index (χ4v) is 4.66. The van der Waals surface area contributed by atoms with Crippen LogP contribution in [0.1, 0.15) is 41.6 Å². The second-order valence-corrected chi connectivity index (χ2v) is 9.36. The number of halogens is 1. The Morgan fingerprint density at radius 2 is 1.71 bits per heavy atom. The first-order valence-corrected chi connectivity index (χ1v) is 12.3. The van der Waals surface area contributed by atoms with Crippen molar-refractivity contribution in [3.05, 3.63) is 89.1 Å². The SMILES string of the molecule is Cc1cc(N[C@H]2CC[C@@H](NC(=O)c3cccnc3Oc3ccc(Cl)cc3)CC2)nc2ccccc12. The Balaban J connectivity index is 1.18. The average Bonchev–Trinajstić information content (AvgIpc) is 2.87. The van der Waals surface area contributed by atoms with E-state index in [-0.39, 0.29) is 17.8 Å². The number of fused-ring (bicyclic) bond motifs is 1. The molecule has 178 valence electrons. The summed E-state index contributed by atoms with van der Waals surface area (Å²) in [6.45, 7) is 2.12. The molecule has 0 atom stereocenters. The minimum atomic E-state index is -0.176. The normalized spacial score (nSPS) is 17.7. The van der Waals surface area contributed by atoms with Crippen molar-refractivity contribution < 1.29 is 9.53 Å². The van der Waals surface area contributed by atoms with Gasteiger partial charge in [-0.1, -0.05) is 29.8 Å². The van der Waals surface area contributed by atoms with Gasteiger partial charge < -0.3 is 15.4 Å². The third kappa shape index (κ3) is 5.54. The van der Waals surface area contributed by atoms with Crippen LogP contribution in [0, 0.1) is 6.92 Å². The van der Waals surface area contributed by atoms with Gasteiger partial charge in [0.2, 0.25) is 5.88 Å². The molecule has 5 rings (SSSR count). The summed E-state index contributed by atoms with van der Waals surface area (Å²) >= 11 is 5.95. The molecule has 1 amide bonds. The van der Waals surface area contributed by atoms with Crippen molar-refractivity contribution in [2.75, 3.05) is 5.32 Å². The van der Waals surface area contributed by atoms with Crippen LogP contribution < -0.4 is 15.4 Å². The molecular weight excluding hydrogens is 460 g/mol. The fraction of sp³-hybridized carbons (Fsp3) is 0.250. The zero-order valence-electron chi connectivity index (χ0n) is 19.5. The minimum absolute atomic E-state index is 0.107. The van der Waals surface area contributed by atoms with Crippen LogP contribution in [0.5, 0.6) is 11.6 Å². The van der Waals surface area contributed by atoms with Gasteiger partial charge in [0.05, 0.1) is 5.52 Å². The van der Waals surface area contributed by atoms with Crippen LogP contribution in [-0.4, -0.2) is 28.0 Å². The predicted octanol–water partition coefficient (Wildman–Crippen LogP) is 6.54. The Morgan fingerprint density at radius 1 is 0.971 bits per heavy atom. The van der Waals surface area contributed by atoms with Crippen molar-refractivity contribution >= 4 is 34.2 Å². The molecule has 0 aliphatic heterocycles. The number of nitrogens with zero attached hydrogens (tertiary/aromatic N) is 2. The molecule has 0 bridgehead atoms. The van der Waals surface area contributed by atoms with Gasteiger partial charge in [-0.3, -0.25) is 4.79 Å². The number of benzene rings is 2. The van der Waals surface area contributed by atoms with Crippen LogP contribution in [0.4, 0.5) is 5.82 Å². The van der Waals surface area contributed by atoms with Gasteiger partial charge in [0, 0.05) is 28.7 Å². The van der Waals surface area contributed by atoms with Gasteiger partial charge >= 0.3 is 0 Å². The van der Waals surface area contributed by atoms with Gasteiger partial charge in [-0.15, -0.1) is 0 Å². The molecule has 0 unspecified atom stereocenters. The lowest BCUT2D eigenvalue weighted by Crippen LogP contribution is -2.40. The molecule has 35 heavy (non-hydrogen) atoms. The second-order valence-electron chi connectivity index (χ2n) is 8.92. The molecule has 2 aromatic carbocycles. The number of rotatable bonds is 6. The van der Waals surface area contributed by atoms with E-state index in [1.165, 1.54) is 10.9 Å². The van der Waals surface area contributed by atoms with Crippen molar-refractivity contribution in [3.8, 4) is 11.6 Å². The molecule has 2 heterocycles. The van der Waals surface area contributed by atoms with E-state index in [1.54, 1.807) is 42.6 Å². The zero-order chi connectivity index (χ0) is 24.2. The molecule has 6 nitrogen and oxygen atoms in total. The summed E-state index contributed by atoms with van der Waals surface area (Å²) in [5.74, 6) is 1.59. The first kappa shape index (κ1) is 23.1. The third-order valence-corrected chi connectivity index (χ3v) is 6.63. The Hall–Kier alpha value is -3.64. The molecule has 0 saturated heterocycles. The van der Waals surface area contributed by atoms with E-state index in [4.69, 9.17) is 21.3 Å². The molecule has 1 aliphatic carbocycles. The van der Waals surface area contributed by atoms with Gasteiger partial charge in [0.1, 0.15) is 17.1 Å². The lowest BCUT2D eigenvalue weighted by Gasteiger charge is -2.30. The van der Waals surface area contributed by atoms with Crippen molar-refractivity contribution in [3.63, 3.8) is 0 Å². The highest BCUT2D eigenvalue weighted by Crippen LogP contribution is 2.27. The highest BCUT2D eigenvalue weighted by Gasteiger charge is 2.24. The van der Waals surface area contributed by atoms with Gasteiger partial charge in [0.25, 0.3) is 5.91 Å². The second kappa shape index (κ2) is 10.3. The number of ether oxygens (including phenoxy) is 1. The van der Waals surface area contributed by atoms with Gasteiger partial charge in [-0.05, 0) is 86.7 Å². The van der Waals surface area contributed by atoms with E-state index in [0.29, 0.717) is 22.4 Å². The summed E-state index contributed by atoms with van der Waals surface area (Å²) in [5.41, 5.74) is 2.63. The van der Waals surface area contributed by atoms with E-state index in [9.17, 15) is 4.79 Å². The maximum Gasteiger partial charge on any atom is 0.257 e. The summed E-state index contributed by atoms with van der Waals surface area (Å²) in [4.78, 5) is 22.1. The average molecular weight is 487 g/mol. The van der Waals surface area contributed by atoms with E-state index >= 15 is 0 Å². The summed E-state index contributed by atoms with van der Waals surface area (Å²) in [5, 5.41) is 8.56. The van der Waals surface area contributed by atoms with Crippen molar-refractivity contribution in [1.29, 1.82) is 0 Å². The summed E-state index contributed by atoms with van der Waals surface area (Å²) in [6.07, 6.45) is 5.31. The molecule has 1 saturated carbocycles. The van der Waals surface area contributed by atoms with Gasteiger partial charge in [-0.25, -0.2) is 9.97 Å². The van der Waals surface area contributed by atoms with E-state index in [2.05, 4.69) is 34.7 Å². The molecule has 4 aromatic rings. The van der Waals surface area contributed by atoms with E-state index in [1.807, 2.05) is 18.2 Å². The highest BCUT2D eigenvalue weighted by atomic mass is 35.5. The molecule has 2 N–H and O–H groups in total. The number of pyridine rings is 2. The molecular formula is C28H27ClN4O2. The van der Waals surface area contributed by atoms with Gasteiger partial charge in [0.15, 0.2) is 0 Å². The zero-order valence-corrected chi connectivity index (χ0v) is 20.3. The quantitative estimate of drug-likeness (QED) is 0.323. The van der Waals surface area contributed by atoms with E-state index < -0.39 is 0 Å². The number of carbonyl (C=O) groups is 1. The number of para-hydroxylation sites is 1. The monoisotopic (exact) mass is 486 g/mol. The summed E-state index contributed by atoms with van der Waals surface area (Å²) in [6, 6.07) is 21.2. The van der Waals surface area contributed by atoms with Gasteiger partial charge in [-0.2, -0.15) is 0 Å². The Kier molecular flexibility index (Phi) is 6.82. The van der Waals surface area contributed by atoms with Crippen LogP contribution in [-0.2, 0) is 0 Å². The Bertz CT molecular complexity index is 1330. The van der Waals surface area contributed by atoms with Crippen LogP contribution in [0.25, 0.3) is 10.9 Å². The van der Waals surface area contributed by atoms with Crippen LogP contribution in [0.15, 0.2) is 72.9 Å². The number of anilines is 1. The Labute approximate surface area is 209 Å². The van der Waals surface area contributed by atoms with Crippen molar-refractivity contribution in [1.82, 2.24) is 15.3 Å². The van der Waals surface area contributed by atoms with E-state index in [0.717, 1.165) is 37.0 Å². The number of nitrogens with one attached hydrogen (secondary N) is 2. The largest absolute Gasteiger partial charge is 0.438 e.